The Morgan fingerprint density at radius 3 is 2.50 bits per heavy atom. The molecule has 0 spiro atoms. The molecule has 20 heavy (non-hydrogen) atoms. The highest BCUT2D eigenvalue weighted by atomic mass is 16.1. The zero-order valence-electron chi connectivity index (χ0n) is 12.4. The third kappa shape index (κ3) is 3.78. The maximum atomic E-state index is 12.3. The van der Waals surface area contributed by atoms with Crippen LogP contribution in [0.2, 0.25) is 0 Å². The summed E-state index contributed by atoms with van der Waals surface area (Å²) >= 11 is 0. The van der Waals surface area contributed by atoms with Gasteiger partial charge in [-0.25, -0.2) is 0 Å². The number of hydrogen-bond acceptors (Lipinski definition) is 2. The molecule has 2 aromatic rings. The van der Waals surface area contributed by atoms with Gasteiger partial charge in [0.15, 0.2) is 5.78 Å². The Hall–Kier alpha value is -1.93. The van der Waals surface area contributed by atoms with E-state index in [0.29, 0.717) is 6.54 Å². The van der Waals surface area contributed by atoms with Crippen LogP contribution >= 0.6 is 0 Å². The van der Waals surface area contributed by atoms with Crippen molar-refractivity contribution in [3.63, 3.8) is 0 Å². The smallest absolute Gasteiger partial charge is 0.177 e. The van der Waals surface area contributed by atoms with E-state index < -0.39 is 0 Å². The molecule has 0 bridgehead atoms. The van der Waals surface area contributed by atoms with Gasteiger partial charge in [-0.1, -0.05) is 54.1 Å². The molecule has 2 aromatic carbocycles. The first-order valence-electron chi connectivity index (χ1n) is 6.89. The summed E-state index contributed by atoms with van der Waals surface area (Å²) < 4.78 is 0. The Labute approximate surface area is 121 Å². The number of carbonyl (C=O) groups is 1. The van der Waals surface area contributed by atoms with E-state index in [9.17, 15) is 4.79 Å². The van der Waals surface area contributed by atoms with Crippen molar-refractivity contribution in [3.8, 4) is 0 Å². The normalized spacial score (nSPS) is 10.8. The fraction of sp³-hybridized carbons (Fsp3) is 0.278. The Morgan fingerprint density at radius 1 is 1.05 bits per heavy atom. The van der Waals surface area contributed by atoms with Crippen LogP contribution in [-0.4, -0.2) is 24.3 Å². The second-order valence-electron chi connectivity index (χ2n) is 5.40. The topological polar surface area (TPSA) is 20.3 Å². The first-order valence-corrected chi connectivity index (χ1v) is 6.89. The molecule has 0 atom stereocenters. The zero-order chi connectivity index (χ0) is 14.5. The summed E-state index contributed by atoms with van der Waals surface area (Å²) in [5.41, 5.74) is 4.36. The fourth-order valence-corrected chi connectivity index (χ4v) is 2.39. The van der Waals surface area contributed by atoms with Gasteiger partial charge in [0.1, 0.15) is 0 Å². The van der Waals surface area contributed by atoms with Crippen molar-refractivity contribution in [3.05, 3.63) is 70.8 Å². The van der Waals surface area contributed by atoms with E-state index in [1.54, 1.807) is 0 Å². The van der Waals surface area contributed by atoms with Crippen molar-refractivity contribution >= 4 is 5.78 Å². The van der Waals surface area contributed by atoms with Crippen LogP contribution in [-0.2, 0) is 6.54 Å². The maximum absolute atomic E-state index is 12.3. The summed E-state index contributed by atoms with van der Waals surface area (Å²) in [7, 11) is 1.98. The van der Waals surface area contributed by atoms with Crippen LogP contribution in [0.15, 0.2) is 48.5 Å². The highest BCUT2D eigenvalue weighted by molar-refractivity contribution is 5.98. The molecule has 2 nitrogen and oxygen atoms in total. The predicted octanol–water partition coefficient (Wildman–Crippen LogP) is 3.62. The van der Waals surface area contributed by atoms with Gasteiger partial charge in [-0.05, 0) is 32.0 Å². The molecular formula is C18H21NO. The highest BCUT2D eigenvalue weighted by Gasteiger charge is 2.11. The van der Waals surface area contributed by atoms with Crippen molar-refractivity contribution in [1.82, 2.24) is 4.90 Å². The van der Waals surface area contributed by atoms with E-state index in [1.165, 1.54) is 11.1 Å². The van der Waals surface area contributed by atoms with E-state index >= 15 is 0 Å². The third-order valence-electron chi connectivity index (χ3n) is 3.39. The summed E-state index contributed by atoms with van der Waals surface area (Å²) in [6.07, 6.45) is 0. The number of likely N-dealkylation sites (N-methyl/N-ethyl adjacent to an activating group) is 1. The van der Waals surface area contributed by atoms with Crippen LogP contribution in [0.1, 0.15) is 27.0 Å². The molecule has 0 radical (unpaired) electrons. The molecule has 0 saturated carbocycles. The summed E-state index contributed by atoms with van der Waals surface area (Å²) in [6, 6.07) is 16.2. The SMILES string of the molecule is Cc1cccc(CN(C)CC(=O)c2ccccc2C)c1. The van der Waals surface area contributed by atoms with Gasteiger partial charge >= 0.3 is 0 Å². The molecule has 0 aliphatic rings. The summed E-state index contributed by atoms with van der Waals surface area (Å²) in [5, 5.41) is 0. The van der Waals surface area contributed by atoms with Crippen molar-refractivity contribution in [2.45, 2.75) is 20.4 Å². The Bertz CT molecular complexity index is 604. The molecule has 0 unspecified atom stereocenters. The molecule has 0 fully saturated rings. The minimum Gasteiger partial charge on any atom is -0.295 e. The Kier molecular flexibility index (Phi) is 4.70. The van der Waals surface area contributed by atoms with Gasteiger partial charge in [-0.3, -0.25) is 9.69 Å². The lowest BCUT2D eigenvalue weighted by Crippen LogP contribution is -2.26. The van der Waals surface area contributed by atoms with Crippen molar-refractivity contribution in [1.29, 1.82) is 0 Å². The quantitative estimate of drug-likeness (QED) is 0.771. The van der Waals surface area contributed by atoms with Crippen LogP contribution in [0, 0.1) is 13.8 Å². The maximum Gasteiger partial charge on any atom is 0.177 e. The van der Waals surface area contributed by atoms with Crippen LogP contribution in [0.25, 0.3) is 0 Å². The van der Waals surface area contributed by atoms with Crippen molar-refractivity contribution < 1.29 is 4.79 Å². The van der Waals surface area contributed by atoms with Crippen LogP contribution < -0.4 is 0 Å². The highest BCUT2D eigenvalue weighted by Crippen LogP contribution is 2.10. The molecule has 2 rings (SSSR count). The number of ketones is 1. The van der Waals surface area contributed by atoms with E-state index in [1.807, 2.05) is 38.2 Å². The van der Waals surface area contributed by atoms with Crippen LogP contribution in [0.3, 0.4) is 0 Å². The van der Waals surface area contributed by atoms with Gasteiger partial charge in [0.05, 0.1) is 6.54 Å². The first-order chi connectivity index (χ1) is 9.56. The molecule has 104 valence electrons. The number of aryl methyl sites for hydroxylation is 2. The van der Waals surface area contributed by atoms with E-state index in [-0.39, 0.29) is 5.78 Å². The number of nitrogens with zero attached hydrogens (tertiary/aromatic N) is 1. The average Bonchev–Trinajstić information content (AvgIpc) is 2.38. The van der Waals surface area contributed by atoms with Gasteiger partial charge < -0.3 is 0 Å². The molecule has 0 N–H and O–H groups in total. The Morgan fingerprint density at radius 2 is 1.80 bits per heavy atom. The van der Waals surface area contributed by atoms with E-state index in [2.05, 4.69) is 36.1 Å². The minimum atomic E-state index is 0.179. The molecule has 0 aliphatic carbocycles. The Balaban J connectivity index is 2.00. The summed E-state index contributed by atoms with van der Waals surface area (Å²) in [5.74, 6) is 0.179. The fourth-order valence-electron chi connectivity index (χ4n) is 2.39. The van der Waals surface area contributed by atoms with Crippen LogP contribution in [0.5, 0.6) is 0 Å². The molecular weight excluding hydrogens is 246 g/mol. The van der Waals surface area contributed by atoms with Crippen molar-refractivity contribution in [2.24, 2.45) is 0 Å². The number of carbonyl (C=O) groups excluding carboxylic acids is 1. The molecule has 0 aromatic heterocycles. The molecule has 2 heteroatoms. The van der Waals surface area contributed by atoms with Gasteiger partial charge in [0.25, 0.3) is 0 Å². The second kappa shape index (κ2) is 6.49. The average molecular weight is 267 g/mol. The molecule has 0 saturated heterocycles. The van der Waals surface area contributed by atoms with E-state index in [0.717, 1.165) is 17.7 Å². The minimum absolute atomic E-state index is 0.179. The lowest BCUT2D eigenvalue weighted by Gasteiger charge is -2.16. The first kappa shape index (κ1) is 14.5. The second-order valence-corrected chi connectivity index (χ2v) is 5.40. The predicted molar refractivity (Wildman–Crippen MR) is 83.0 cm³/mol. The van der Waals surface area contributed by atoms with Gasteiger partial charge in [0.2, 0.25) is 0 Å². The lowest BCUT2D eigenvalue weighted by atomic mass is 10.0. The van der Waals surface area contributed by atoms with Gasteiger partial charge in [0, 0.05) is 12.1 Å². The van der Waals surface area contributed by atoms with Crippen LogP contribution in [0.4, 0.5) is 0 Å². The number of Topliss-reactive ketones (excluding diaryl/α,β-unsaturated/α-hetero) is 1. The van der Waals surface area contributed by atoms with E-state index in [4.69, 9.17) is 0 Å². The molecule has 0 aliphatic heterocycles. The summed E-state index contributed by atoms with van der Waals surface area (Å²) in [6.45, 7) is 5.30. The summed E-state index contributed by atoms with van der Waals surface area (Å²) in [4.78, 5) is 14.4. The standard InChI is InChI=1S/C18H21NO/c1-14-7-6-9-16(11-14)12-19(3)13-18(20)17-10-5-4-8-15(17)2/h4-11H,12-13H2,1-3H3. The largest absolute Gasteiger partial charge is 0.295 e. The van der Waals surface area contributed by atoms with Gasteiger partial charge in [-0.15, -0.1) is 0 Å². The number of benzene rings is 2. The van der Waals surface area contributed by atoms with Gasteiger partial charge in [-0.2, -0.15) is 0 Å². The third-order valence-corrected chi connectivity index (χ3v) is 3.39. The van der Waals surface area contributed by atoms with Crippen molar-refractivity contribution in [2.75, 3.05) is 13.6 Å². The lowest BCUT2D eigenvalue weighted by molar-refractivity contribution is 0.0942. The molecule has 0 heterocycles. The number of hydrogen-bond donors (Lipinski definition) is 0. The number of rotatable bonds is 5. The monoisotopic (exact) mass is 267 g/mol. The molecule has 0 amide bonds. The zero-order valence-corrected chi connectivity index (χ0v) is 12.4.